The first-order chi connectivity index (χ1) is 13.7. The summed E-state index contributed by atoms with van der Waals surface area (Å²) in [5.41, 5.74) is 1.46. The van der Waals surface area contributed by atoms with Gasteiger partial charge in [0.25, 0.3) is 0 Å². The normalized spacial score (nSPS) is 11.0. The molecule has 0 unspecified atom stereocenters. The maximum Gasteiger partial charge on any atom is 0.379 e. The highest BCUT2D eigenvalue weighted by Gasteiger charge is 2.11. The number of hydrogen-bond donors (Lipinski definition) is 0. The van der Waals surface area contributed by atoms with Crippen LogP contribution in [0.4, 0.5) is 0 Å². The molecule has 4 nitrogen and oxygen atoms in total. The molecule has 28 heavy (non-hydrogen) atoms. The smallest absolute Gasteiger partial charge is 0.379 e. The highest BCUT2D eigenvalue weighted by molar-refractivity contribution is 6.08. The number of ketones is 1. The molecule has 3 aromatic carbocycles. The van der Waals surface area contributed by atoms with Crippen molar-refractivity contribution in [2.24, 2.45) is 0 Å². The third-order valence-electron chi connectivity index (χ3n) is 4.27. The molecule has 0 bridgehead atoms. The first kappa shape index (κ1) is 17.5. The second kappa shape index (κ2) is 7.76. The summed E-state index contributed by atoms with van der Waals surface area (Å²) < 4.78 is 10.2. The molecule has 0 radical (unpaired) electrons. The number of carbonyl (C=O) groups is 2. The standard InChI is InChI=1S/C24H16O4/c25-22(20-11-10-18-4-1-2-5-19(18)16-20)14-9-17-7-12-21(13-8-17)28-24(26)23-6-3-15-27-23/h1-16H. The number of carbonyl (C=O) groups excluding carboxylic acids is 2. The Kier molecular flexibility index (Phi) is 4.85. The molecule has 0 atom stereocenters. The van der Waals surface area contributed by atoms with E-state index >= 15 is 0 Å². The van der Waals surface area contributed by atoms with Gasteiger partial charge in [-0.15, -0.1) is 0 Å². The van der Waals surface area contributed by atoms with E-state index in [2.05, 4.69) is 0 Å². The second-order valence-electron chi connectivity index (χ2n) is 6.20. The van der Waals surface area contributed by atoms with Crippen LogP contribution in [-0.2, 0) is 0 Å². The zero-order chi connectivity index (χ0) is 19.3. The van der Waals surface area contributed by atoms with Gasteiger partial charge in [-0.3, -0.25) is 4.79 Å². The van der Waals surface area contributed by atoms with Crippen LogP contribution < -0.4 is 4.74 Å². The Morgan fingerprint density at radius 3 is 2.36 bits per heavy atom. The summed E-state index contributed by atoms with van der Waals surface area (Å²) in [6.45, 7) is 0. The number of benzene rings is 3. The monoisotopic (exact) mass is 368 g/mol. The van der Waals surface area contributed by atoms with Crippen molar-refractivity contribution in [3.8, 4) is 5.75 Å². The number of ether oxygens (including phenoxy) is 1. The van der Waals surface area contributed by atoms with Crippen LogP contribution in [0, 0.1) is 0 Å². The quantitative estimate of drug-likeness (QED) is 0.201. The summed E-state index contributed by atoms with van der Waals surface area (Å²) in [5, 5.41) is 2.13. The van der Waals surface area contributed by atoms with E-state index in [0.29, 0.717) is 11.3 Å². The van der Waals surface area contributed by atoms with Crippen molar-refractivity contribution in [2.75, 3.05) is 0 Å². The molecule has 1 aromatic heterocycles. The zero-order valence-electron chi connectivity index (χ0n) is 14.9. The summed E-state index contributed by atoms with van der Waals surface area (Å²) in [5.74, 6) is -0.0804. The van der Waals surface area contributed by atoms with Crippen molar-refractivity contribution in [3.05, 3.63) is 108 Å². The predicted octanol–water partition coefficient (Wildman–Crippen LogP) is 5.55. The SMILES string of the molecule is O=C(C=Cc1ccc(OC(=O)c2ccco2)cc1)c1ccc2ccccc2c1. The minimum absolute atomic E-state index is 0.0703. The number of fused-ring (bicyclic) bond motifs is 1. The number of esters is 1. The first-order valence-corrected chi connectivity index (χ1v) is 8.76. The largest absolute Gasteiger partial charge is 0.457 e. The van der Waals surface area contributed by atoms with Crippen LogP contribution in [0.5, 0.6) is 5.75 Å². The van der Waals surface area contributed by atoms with Crippen LogP contribution in [0.3, 0.4) is 0 Å². The maximum absolute atomic E-state index is 12.4. The van der Waals surface area contributed by atoms with Crippen LogP contribution in [-0.4, -0.2) is 11.8 Å². The molecule has 4 rings (SSSR count). The van der Waals surface area contributed by atoms with Gasteiger partial charge in [0.2, 0.25) is 5.76 Å². The molecule has 0 aliphatic rings. The van der Waals surface area contributed by atoms with Crippen molar-refractivity contribution >= 4 is 28.6 Å². The van der Waals surface area contributed by atoms with Crippen LogP contribution in [0.1, 0.15) is 26.5 Å². The molecule has 0 saturated heterocycles. The molecule has 4 aromatic rings. The Balaban J connectivity index is 1.43. The lowest BCUT2D eigenvalue weighted by Gasteiger charge is -2.03. The van der Waals surface area contributed by atoms with E-state index in [0.717, 1.165) is 16.3 Å². The van der Waals surface area contributed by atoms with Gasteiger partial charge in [0.1, 0.15) is 5.75 Å². The molecule has 1 heterocycles. The molecule has 136 valence electrons. The maximum atomic E-state index is 12.4. The van der Waals surface area contributed by atoms with E-state index in [1.54, 1.807) is 36.4 Å². The summed E-state index contributed by atoms with van der Waals surface area (Å²) in [6.07, 6.45) is 4.68. The van der Waals surface area contributed by atoms with Crippen molar-refractivity contribution in [3.63, 3.8) is 0 Å². The van der Waals surface area contributed by atoms with E-state index in [1.807, 2.05) is 42.5 Å². The Labute approximate surface area is 161 Å². The van der Waals surface area contributed by atoms with E-state index in [4.69, 9.17) is 9.15 Å². The van der Waals surface area contributed by atoms with Crippen LogP contribution >= 0.6 is 0 Å². The third-order valence-corrected chi connectivity index (χ3v) is 4.27. The van der Waals surface area contributed by atoms with Crippen LogP contribution in [0.2, 0.25) is 0 Å². The predicted molar refractivity (Wildman–Crippen MR) is 107 cm³/mol. The summed E-state index contributed by atoms with van der Waals surface area (Å²) in [7, 11) is 0. The summed E-state index contributed by atoms with van der Waals surface area (Å²) in [6, 6.07) is 23.6. The molecule has 0 fully saturated rings. The van der Waals surface area contributed by atoms with Gasteiger partial charge < -0.3 is 9.15 Å². The van der Waals surface area contributed by atoms with E-state index in [9.17, 15) is 9.59 Å². The van der Waals surface area contributed by atoms with Crippen LogP contribution in [0.25, 0.3) is 16.8 Å². The van der Waals surface area contributed by atoms with Crippen LogP contribution in [0.15, 0.2) is 95.6 Å². The molecule has 0 spiro atoms. The molecule has 0 amide bonds. The van der Waals surface area contributed by atoms with Gasteiger partial charge >= 0.3 is 5.97 Å². The molecule has 0 aliphatic carbocycles. The summed E-state index contributed by atoms with van der Waals surface area (Å²) in [4.78, 5) is 24.3. The fourth-order valence-electron chi connectivity index (χ4n) is 2.81. The van der Waals surface area contributed by atoms with Gasteiger partial charge in [0, 0.05) is 5.56 Å². The molecular formula is C24H16O4. The third kappa shape index (κ3) is 3.91. The highest BCUT2D eigenvalue weighted by Crippen LogP contribution is 2.18. The summed E-state index contributed by atoms with van der Waals surface area (Å²) >= 11 is 0. The molecule has 0 N–H and O–H groups in total. The lowest BCUT2D eigenvalue weighted by Crippen LogP contribution is -2.06. The first-order valence-electron chi connectivity index (χ1n) is 8.76. The lowest BCUT2D eigenvalue weighted by molar-refractivity contribution is 0.0701. The molecule has 0 aliphatic heterocycles. The highest BCUT2D eigenvalue weighted by atomic mass is 16.5. The minimum atomic E-state index is -0.556. The number of allylic oxidation sites excluding steroid dienone is 1. The fourth-order valence-corrected chi connectivity index (χ4v) is 2.81. The molecular weight excluding hydrogens is 352 g/mol. The Morgan fingerprint density at radius 2 is 1.61 bits per heavy atom. The Morgan fingerprint density at radius 1 is 0.821 bits per heavy atom. The number of hydrogen-bond acceptors (Lipinski definition) is 4. The van der Waals surface area contributed by atoms with Gasteiger partial charge in [0.05, 0.1) is 6.26 Å². The number of rotatable bonds is 5. The van der Waals surface area contributed by atoms with Gasteiger partial charge in [-0.05, 0) is 52.7 Å². The fraction of sp³-hybridized carbons (Fsp3) is 0. The van der Waals surface area contributed by atoms with Gasteiger partial charge in [-0.25, -0.2) is 4.79 Å². The van der Waals surface area contributed by atoms with Crippen molar-refractivity contribution in [2.45, 2.75) is 0 Å². The molecule has 0 saturated carbocycles. The molecule has 4 heteroatoms. The average molecular weight is 368 g/mol. The minimum Gasteiger partial charge on any atom is -0.457 e. The van der Waals surface area contributed by atoms with E-state index in [-0.39, 0.29) is 11.5 Å². The Bertz CT molecular complexity index is 1150. The van der Waals surface area contributed by atoms with Crippen molar-refractivity contribution in [1.29, 1.82) is 0 Å². The van der Waals surface area contributed by atoms with E-state index < -0.39 is 5.97 Å². The topological polar surface area (TPSA) is 56.5 Å². The van der Waals surface area contributed by atoms with Crippen molar-refractivity contribution in [1.82, 2.24) is 0 Å². The Hall–Kier alpha value is -3.92. The van der Waals surface area contributed by atoms with Gasteiger partial charge in [-0.2, -0.15) is 0 Å². The van der Waals surface area contributed by atoms with E-state index in [1.165, 1.54) is 18.4 Å². The van der Waals surface area contributed by atoms with Gasteiger partial charge in [-0.1, -0.05) is 54.6 Å². The zero-order valence-corrected chi connectivity index (χ0v) is 14.9. The van der Waals surface area contributed by atoms with Gasteiger partial charge in [0.15, 0.2) is 5.78 Å². The second-order valence-corrected chi connectivity index (χ2v) is 6.20. The number of furan rings is 1. The lowest BCUT2D eigenvalue weighted by atomic mass is 10.0. The van der Waals surface area contributed by atoms with Crippen molar-refractivity contribution < 1.29 is 18.7 Å². The average Bonchev–Trinajstić information content (AvgIpc) is 3.28.